The van der Waals surface area contributed by atoms with E-state index in [1.165, 1.54) is 0 Å². The Morgan fingerprint density at radius 3 is 2.17 bits per heavy atom. The van der Waals surface area contributed by atoms with E-state index in [9.17, 15) is 31.1 Å². The van der Waals surface area contributed by atoms with Crippen molar-refractivity contribution in [3.8, 4) is 0 Å². The number of rotatable bonds is 5. The number of fused-ring (bicyclic) bond motifs is 1. The van der Waals surface area contributed by atoms with Crippen molar-refractivity contribution >= 4 is 22.5 Å². The number of nitrogens with one attached hydrogen (secondary N) is 2. The molecule has 3 nitrogen and oxygen atoms in total. The largest absolute Gasteiger partial charge is 0.416 e. The van der Waals surface area contributed by atoms with Crippen LogP contribution in [0.2, 0.25) is 0 Å². The Morgan fingerprint density at radius 1 is 0.931 bits per heavy atom. The Morgan fingerprint density at radius 2 is 1.55 bits per heavy atom. The van der Waals surface area contributed by atoms with Gasteiger partial charge in [0.2, 0.25) is 5.91 Å². The average Bonchev–Trinajstić information content (AvgIpc) is 3.03. The molecule has 154 valence electrons. The van der Waals surface area contributed by atoms with Crippen LogP contribution in [0.5, 0.6) is 0 Å². The van der Waals surface area contributed by atoms with Crippen molar-refractivity contribution in [3.05, 3.63) is 65.4 Å². The molecule has 1 amide bonds. The fraction of sp³-hybridized carbons (Fsp3) is 0.250. The molecule has 0 radical (unpaired) electrons. The summed E-state index contributed by atoms with van der Waals surface area (Å²) in [7, 11) is 0. The number of halogens is 6. The van der Waals surface area contributed by atoms with Crippen molar-refractivity contribution in [2.24, 2.45) is 0 Å². The zero-order chi connectivity index (χ0) is 21.2. The van der Waals surface area contributed by atoms with E-state index in [0.717, 1.165) is 16.5 Å². The van der Waals surface area contributed by atoms with Crippen LogP contribution in [0, 0.1) is 0 Å². The number of aromatic nitrogens is 1. The van der Waals surface area contributed by atoms with Gasteiger partial charge in [0.1, 0.15) is 0 Å². The molecule has 0 unspecified atom stereocenters. The topological polar surface area (TPSA) is 44.9 Å². The number of aromatic amines is 1. The summed E-state index contributed by atoms with van der Waals surface area (Å²) >= 11 is 0. The molecule has 1 aromatic heterocycles. The molecule has 3 rings (SSSR count). The number of hydrogen-bond acceptors (Lipinski definition) is 1. The molecule has 2 aromatic carbocycles. The van der Waals surface area contributed by atoms with Gasteiger partial charge in [-0.1, -0.05) is 18.2 Å². The normalized spacial score (nSPS) is 12.3. The fourth-order valence-electron chi connectivity index (χ4n) is 3.03. The summed E-state index contributed by atoms with van der Waals surface area (Å²) in [5.41, 5.74) is -1.56. The van der Waals surface area contributed by atoms with Gasteiger partial charge in [-0.3, -0.25) is 4.79 Å². The zero-order valence-electron chi connectivity index (χ0n) is 14.9. The number of aryl methyl sites for hydroxylation is 1. The maximum Gasteiger partial charge on any atom is 0.416 e. The molecule has 0 atom stereocenters. The van der Waals surface area contributed by atoms with Gasteiger partial charge >= 0.3 is 12.4 Å². The lowest BCUT2D eigenvalue weighted by molar-refractivity contribution is -0.143. The Kier molecular flexibility index (Phi) is 5.59. The second kappa shape index (κ2) is 7.81. The van der Waals surface area contributed by atoms with Crippen LogP contribution in [0.1, 0.15) is 29.5 Å². The van der Waals surface area contributed by atoms with Crippen LogP contribution >= 0.6 is 0 Å². The number of benzene rings is 2. The number of amides is 1. The van der Waals surface area contributed by atoms with Gasteiger partial charge in [0.15, 0.2) is 0 Å². The standard InChI is InChI=1S/C20H16F6N2O/c21-19(22,23)13-8-14(20(24,25)26)10-15(9-13)28-18(29)7-3-4-12-11-27-17-6-2-1-5-16(12)17/h1-2,5-6,8-11,27H,3-4,7H2,(H,28,29). The van der Waals surface area contributed by atoms with Crippen LogP contribution < -0.4 is 5.32 Å². The first-order chi connectivity index (χ1) is 13.5. The summed E-state index contributed by atoms with van der Waals surface area (Å²) in [4.78, 5) is 15.1. The highest BCUT2D eigenvalue weighted by atomic mass is 19.4. The number of carbonyl (C=O) groups is 1. The van der Waals surface area contributed by atoms with Gasteiger partial charge in [-0.2, -0.15) is 26.3 Å². The summed E-state index contributed by atoms with van der Waals surface area (Å²) in [6, 6.07) is 8.57. The lowest BCUT2D eigenvalue weighted by Crippen LogP contribution is -2.15. The number of alkyl halides is 6. The second-order valence-corrected chi connectivity index (χ2v) is 6.56. The van der Waals surface area contributed by atoms with Crippen molar-refractivity contribution in [2.75, 3.05) is 5.32 Å². The molecule has 0 aliphatic carbocycles. The first kappa shape index (κ1) is 20.8. The van der Waals surface area contributed by atoms with E-state index in [2.05, 4.69) is 10.3 Å². The predicted molar refractivity (Wildman–Crippen MR) is 96.3 cm³/mol. The lowest BCUT2D eigenvalue weighted by Gasteiger charge is -2.14. The van der Waals surface area contributed by atoms with Crippen molar-refractivity contribution in [1.82, 2.24) is 4.98 Å². The second-order valence-electron chi connectivity index (χ2n) is 6.56. The molecule has 0 aliphatic heterocycles. The molecular formula is C20H16F6N2O. The van der Waals surface area contributed by atoms with E-state index in [0.29, 0.717) is 25.0 Å². The van der Waals surface area contributed by atoms with Crippen molar-refractivity contribution in [2.45, 2.75) is 31.6 Å². The quantitative estimate of drug-likeness (QED) is 0.482. The number of para-hydroxylation sites is 1. The highest BCUT2D eigenvalue weighted by molar-refractivity contribution is 5.91. The number of H-pyrrole nitrogens is 1. The highest BCUT2D eigenvalue weighted by Gasteiger charge is 2.37. The van der Waals surface area contributed by atoms with Gasteiger partial charge in [-0.05, 0) is 42.7 Å². The minimum absolute atomic E-state index is 0.0205. The minimum atomic E-state index is -4.96. The molecule has 0 spiro atoms. The number of carbonyl (C=O) groups excluding carboxylic acids is 1. The van der Waals surface area contributed by atoms with E-state index in [1.807, 2.05) is 30.5 Å². The molecule has 2 N–H and O–H groups in total. The van der Waals surface area contributed by atoms with Crippen molar-refractivity contribution in [1.29, 1.82) is 0 Å². The first-order valence-electron chi connectivity index (χ1n) is 8.68. The van der Waals surface area contributed by atoms with Gasteiger partial charge < -0.3 is 10.3 Å². The van der Waals surface area contributed by atoms with E-state index in [1.54, 1.807) is 0 Å². The van der Waals surface area contributed by atoms with Gasteiger partial charge in [0.25, 0.3) is 0 Å². The number of hydrogen-bond donors (Lipinski definition) is 2. The third-order valence-corrected chi connectivity index (χ3v) is 4.40. The molecule has 0 fully saturated rings. The SMILES string of the molecule is O=C(CCCc1c[nH]c2ccccc12)Nc1cc(C(F)(F)F)cc(C(F)(F)F)c1. The minimum Gasteiger partial charge on any atom is -0.361 e. The summed E-state index contributed by atoms with van der Waals surface area (Å²) in [5.74, 6) is -0.655. The Labute approximate surface area is 161 Å². The van der Waals surface area contributed by atoms with Gasteiger partial charge in [0.05, 0.1) is 11.1 Å². The predicted octanol–water partition coefficient (Wildman–Crippen LogP) is 6.17. The third-order valence-electron chi connectivity index (χ3n) is 4.40. The molecule has 29 heavy (non-hydrogen) atoms. The maximum absolute atomic E-state index is 12.9. The molecule has 0 saturated carbocycles. The summed E-state index contributed by atoms with van der Waals surface area (Å²) in [6.45, 7) is 0. The molecule has 0 aliphatic rings. The summed E-state index contributed by atoms with van der Waals surface area (Å²) in [6.07, 6.45) is -7.24. The van der Waals surface area contributed by atoms with Gasteiger partial charge in [-0.15, -0.1) is 0 Å². The monoisotopic (exact) mass is 414 g/mol. The molecule has 1 heterocycles. The molecule has 3 aromatic rings. The van der Waals surface area contributed by atoms with Crippen LogP contribution in [0.3, 0.4) is 0 Å². The Bertz CT molecular complexity index is 987. The van der Waals surface area contributed by atoms with E-state index in [-0.39, 0.29) is 12.5 Å². The average molecular weight is 414 g/mol. The van der Waals surface area contributed by atoms with Crippen molar-refractivity contribution < 1.29 is 31.1 Å². The maximum atomic E-state index is 12.9. The molecular weight excluding hydrogens is 398 g/mol. The Balaban J connectivity index is 1.67. The third kappa shape index (κ3) is 5.10. The number of anilines is 1. The van der Waals surface area contributed by atoms with E-state index < -0.39 is 35.1 Å². The van der Waals surface area contributed by atoms with Crippen LogP contribution in [-0.4, -0.2) is 10.9 Å². The van der Waals surface area contributed by atoms with Crippen LogP contribution in [0.15, 0.2) is 48.7 Å². The molecule has 0 bridgehead atoms. The summed E-state index contributed by atoms with van der Waals surface area (Å²) in [5, 5.41) is 3.14. The van der Waals surface area contributed by atoms with Gasteiger partial charge in [-0.25, -0.2) is 0 Å². The highest BCUT2D eigenvalue weighted by Crippen LogP contribution is 2.37. The fourth-order valence-corrected chi connectivity index (χ4v) is 3.03. The Hall–Kier alpha value is -2.97. The van der Waals surface area contributed by atoms with Crippen LogP contribution in [0.4, 0.5) is 32.0 Å². The first-order valence-corrected chi connectivity index (χ1v) is 8.68. The smallest absolute Gasteiger partial charge is 0.361 e. The van der Waals surface area contributed by atoms with E-state index in [4.69, 9.17) is 0 Å². The van der Waals surface area contributed by atoms with Gasteiger partial charge in [0, 0.05) is 29.2 Å². The summed E-state index contributed by atoms with van der Waals surface area (Å²) < 4.78 is 77.3. The van der Waals surface area contributed by atoms with Crippen molar-refractivity contribution in [3.63, 3.8) is 0 Å². The molecule has 0 saturated heterocycles. The lowest BCUT2D eigenvalue weighted by atomic mass is 10.1. The van der Waals surface area contributed by atoms with E-state index >= 15 is 0 Å². The van der Waals surface area contributed by atoms with Crippen LogP contribution in [0.25, 0.3) is 10.9 Å². The molecule has 9 heteroatoms. The zero-order valence-corrected chi connectivity index (χ0v) is 14.9. The van der Waals surface area contributed by atoms with Crippen LogP contribution in [-0.2, 0) is 23.6 Å².